The van der Waals surface area contributed by atoms with Crippen LogP contribution in [0.25, 0.3) is 0 Å². The lowest BCUT2D eigenvalue weighted by molar-refractivity contribution is 0.0921. The standard InChI is InChI=1S/C10H11Cl3O4S/c1-6(5-16-2)17-9-3-8(12)10(4-7(9)11)18(13,14)15/h3-4,6H,5H2,1-2H3. The van der Waals surface area contributed by atoms with Crippen LogP contribution in [0.5, 0.6) is 5.75 Å². The van der Waals surface area contributed by atoms with Crippen LogP contribution in [-0.4, -0.2) is 28.2 Å². The molecule has 0 bridgehead atoms. The first-order valence-corrected chi connectivity index (χ1v) is 7.91. The average Bonchev–Trinajstić information content (AvgIpc) is 2.21. The van der Waals surface area contributed by atoms with Crippen molar-refractivity contribution in [3.63, 3.8) is 0 Å². The quantitative estimate of drug-likeness (QED) is 0.776. The fourth-order valence-electron chi connectivity index (χ4n) is 1.27. The third-order valence-corrected chi connectivity index (χ3v) is 4.06. The fraction of sp³-hybridized carbons (Fsp3) is 0.400. The molecule has 1 rings (SSSR count). The summed E-state index contributed by atoms with van der Waals surface area (Å²) in [6, 6.07) is 2.46. The third kappa shape index (κ3) is 4.17. The second-order valence-corrected chi connectivity index (χ2v) is 6.88. The highest BCUT2D eigenvalue weighted by Crippen LogP contribution is 2.35. The van der Waals surface area contributed by atoms with Gasteiger partial charge in [0.25, 0.3) is 9.05 Å². The van der Waals surface area contributed by atoms with Crippen molar-refractivity contribution in [3.05, 3.63) is 22.2 Å². The highest BCUT2D eigenvalue weighted by atomic mass is 35.7. The van der Waals surface area contributed by atoms with E-state index in [1.165, 1.54) is 13.2 Å². The van der Waals surface area contributed by atoms with E-state index in [1.807, 2.05) is 0 Å². The third-order valence-electron chi connectivity index (χ3n) is 1.98. The van der Waals surface area contributed by atoms with Gasteiger partial charge < -0.3 is 9.47 Å². The van der Waals surface area contributed by atoms with E-state index < -0.39 is 9.05 Å². The molecule has 0 aliphatic heterocycles. The van der Waals surface area contributed by atoms with E-state index in [-0.39, 0.29) is 26.8 Å². The van der Waals surface area contributed by atoms with Gasteiger partial charge in [0.15, 0.2) is 0 Å². The minimum absolute atomic E-state index is 0.0472. The summed E-state index contributed by atoms with van der Waals surface area (Å²) in [7, 11) is 2.82. The van der Waals surface area contributed by atoms with Crippen LogP contribution in [0, 0.1) is 0 Å². The summed E-state index contributed by atoms with van der Waals surface area (Å²) in [5.74, 6) is 0.273. The van der Waals surface area contributed by atoms with E-state index in [0.29, 0.717) is 6.61 Å². The molecule has 0 spiro atoms. The van der Waals surface area contributed by atoms with E-state index in [2.05, 4.69) is 0 Å². The van der Waals surface area contributed by atoms with E-state index >= 15 is 0 Å². The van der Waals surface area contributed by atoms with Gasteiger partial charge in [-0.3, -0.25) is 0 Å². The number of halogens is 3. The smallest absolute Gasteiger partial charge is 0.262 e. The van der Waals surface area contributed by atoms with Crippen molar-refractivity contribution < 1.29 is 17.9 Å². The van der Waals surface area contributed by atoms with Gasteiger partial charge in [-0.25, -0.2) is 8.42 Å². The summed E-state index contributed by atoms with van der Waals surface area (Å²) in [5, 5.41) is 0.0654. The number of ether oxygens (including phenoxy) is 2. The summed E-state index contributed by atoms with van der Waals surface area (Å²) in [5.41, 5.74) is 0. The number of benzene rings is 1. The van der Waals surface area contributed by atoms with Crippen LogP contribution in [0.3, 0.4) is 0 Å². The Bertz CT molecular complexity index is 530. The van der Waals surface area contributed by atoms with E-state index in [4.69, 9.17) is 43.4 Å². The van der Waals surface area contributed by atoms with Gasteiger partial charge in [-0.15, -0.1) is 0 Å². The molecule has 102 valence electrons. The van der Waals surface area contributed by atoms with Crippen LogP contribution in [0.4, 0.5) is 0 Å². The predicted octanol–water partition coefficient (Wildman–Crippen LogP) is 3.33. The second kappa shape index (κ2) is 6.30. The first kappa shape index (κ1) is 15.9. The van der Waals surface area contributed by atoms with Gasteiger partial charge in [0.05, 0.1) is 16.7 Å². The SMILES string of the molecule is COCC(C)Oc1cc(Cl)c(S(=O)(=O)Cl)cc1Cl. The van der Waals surface area contributed by atoms with Gasteiger partial charge in [0.2, 0.25) is 0 Å². The molecular weight excluding hydrogens is 323 g/mol. The molecule has 18 heavy (non-hydrogen) atoms. The summed E-state index contributed by atoms with van der Waals surface area (Å²) < 4.78 is 32.8. The van der Waals surface area contributed by atoms with E-state index in [9.17, 15) is 8.42 Å². The van der Waals surface area contributed by atoms with Gasteiger partial charge >= 0.3 is 0 Å². The highest BCUT2D eigenvalue weighted by Gasteiger charge is 2.19. The maximum atomic E-state index is 11.2. The predicted molar refractivity (Wildman–Crippen MR) is 71.5 cm³/mol. The van der Waals surface area contributed by atoms with Crippen molar-refractivity contribution in [3.8, 4) is 5.75 Å². The van der Waals surface area contributed by atoms with Gasteiger partial charge in [-0.05, 0) is 13.0 Å². The molecule has 0 saturated heterocycles. The molecule has 1 aromatic carbocycles. The summed E-state index contributed by atoms with van der Waals surface area (Å²) in [4.78, 5) is -0.248. The topological polar surface area (TPSA) is 52.6 Å². The maximum absolute atomic E-state index is 11.2. The molecule has 0 fully saturated rings. The molecule has 4 nitrogen and oxygen atoms in total. The second-order valence-electron chi connectivity index (χ2n) is 3.53. The van der Waals surface area contributed by atoms with Crippen LogP contribution in [0.2, 0.25) is 10.0 Å². The molecule has 0 saturated carbocycles. The van der Waals surface area contributed by atoms with Crippen molar-refractivity contribution in [1.29, 1.82) is 0 Å². The minimum Gasteiger partial charge on any atom is -0.487 e. The normalized spacial score (nSPS) is 13.4. The fourth-order valence-corrected chi connectivity index (χ4v) is 3.06. The number of hydrogen-bond donors (Lipinski definition) is 0. The summed E-state index contributed by atoms with van der Waals surface area (Å²) in [6.45, 7) is 2.14. The Hall–Kier alpha value is -0.200. The van der Waals surface area contributed by atoms with E-state index in [1.54, 1.807) is 6.92 Å². The Morgan fingerprint density at radius 1 is 1.28 bits per heavy atom. The first-order valence-electron chi connectivity index (χ1n) is 4.85. The van der Waals surface area contributed by atoms with Crippen molar-refractivity contribution in [2.45, 2.75) is 17.9 Å². The monoisotopic (exact) mass is 332 g/mol. The molecule has 0 aliphatic rings. The summed E-state index contributed by atoms with van der Waals surface area (Å²) >= 11 is 11.7. The van der Waals surface area contributed by atoms with E-state index in [0.717, 1.165) is 6.07 Å². The van der Waals surface area contributed by atoms with Crippen molar-refractivity contribution in [2.24, 2.45) is 0 Å². The zero-order valence-electron chi connectivity index (χ0n) is 9.61. The Morgan fingerprint density at radius 2 is 1.89 bits per heavy atom. The van der Waals surface area contributed by atoms with Gasteiger partial charge in [0.1, 0.15) is 16.7 Å². The zero-order chi connectivity index (χ0) is 13.9. The Labute approximate surface area is 120 Å². The average molecular weight is 334 g/mol. The highest BCUT2D eigenvalue weighted by molar-refractivity contribution is 8.13. The van der Waals surface area contributed by atoms with Gasteiger partial charge in [-0.1, -0.05) is 23.2 Å². The molecule has 0 N–H and O–H groups in total. The van der Waals surface area contributed by atoms with Crippen LogP contribution < -0.4 is 4.74 Å². The van der Waals surface area contributed by atoms with Gasteiger partial charge in [0, 0.05) is 23.9 Å². The van der Waals surface area contributed by atoms with Crippen molar-refractivity contribution >= 4 is 42.9 Å². The Balaban J connectivity index is 3.08. The molecular formula is C10H11Cl3O4S. The zero-order valence-corrected chi connectivity index (χ0v) is 12.7. The van der Waals surface area contributed by atoms with Crippen LogP contribution in [-0.2, 0) is 13.8 Å². The lowest BCUT2D eigenvalue weighted by Crippen LogP contribution is -2.18. The van der Waals surface area contributed by atoms with Crippen LogP contribution in [0.15, 0.2) is 17.0 Å². The maximum Gasteiger partial charge on any atom is 0.262 e. The minimum atomic E-state index is -3.94. The van der Waals surface area contributed by atoms with Crippen molar-refractivity contribution in [1.82, 2.24) is 0 Å². The van der Waals surface area contributed by atoms with Gasteiger partial charge in [-0.2, -0.15) is 0 Å². The molecule has 0 aromatic heterocycles. The number of methoxy groups -OCH3 is 1. The molecule has 0 aliphatic carbocycles. The first-order chi connectivity index (χ1) is 8.25. The molecule has 8 heteroatoms. The number of rotatable bonds is 5. The van der Waals surface area contributed by atoms with Crippen LogP contribution >= 0.6 is 33.9 Å². The summed E-state index contributed by atoms with van der Waals surface area (Å²) in [6.07, 6.45) is -0.248. The lowest BCUT2D eigenvalue weighted by Gasteiger charge is -2.15. The lowest BCUT2D eigenvalue weighted by atomic mass is 10.3. The molecule has 0 heterocycles. The molecule has 1 unspecified atom stereocenters. The van der Waals surface area contributed by atoms with Crippen LogP contribution in [0.1, 0.15) is 6.92 Å². The largest absolute Gasteiger partial charge is 0.487 e. The molecule has 1 aromatic rings. The number of hydrogen-bond acceptors (Lipinski definition) is 4. The molecule has 1 atom stereocenters. The molecule has 0 radical (unpaired) electrons. The van der Waals surface area contributed by atoms with Crippen molar-refractivity contribution in [2.75, 3.05) is 13.7 Å². The Kier molecular flexibility index (Phi) is 5.55. The Morgan fingerprint density at radius 3 is 2.39 bits per heavy atom. The molecule has 0 amide bonds.